The minimum Gasteiger partial charge on any atom is -0.463 e. The summed E-state index contributed by atoms with van der Waals surface area (Å²) >= 11 is 12.3. The third-order valence-corrected chi connectivity index (χ3v) is 4.02. The van der Waals surface area contributed by atoms with Gasteiger partial charge in [0.05, 0.1) is 34.3 Å². The molecule has 0 amide bonds. The first-order chi connectivity index (χ1) is 12.5. The maximum absolute atomic E-state index is 14.4. The molecule has 0 saturated carbocycles. The topological polar surface area (TPSA) is 73.7 Å². The molecule has 9 heteroatoms. The lowest BCUT2D eigenvalue weighted by molar-refractivity contribution is -0.148. The highest BCUT2D eigenvalue weighted by atomic mass is 35.5. The molecule has 0 fully saturated rings. The summed E-state index contributed by atoms with van der Waals surface area (Å²) in [5.41, 5.74) is 1.40. The van der Waals surface area contributed by atoms with Crippen LogP contribution in [0.4, 0.5) is 4.39 Å². The van der Waals surface area contributed by atoms with E-state index in [0.29, 0.717) is 17.7 Å². The van der Waals surface area contributed by atoms with Crippen LogP contribution in [0.3, 0.4) is 0 Å². The van der Waals surface area contributed by atoms with Gasteiger partial charge in [-0.3, -0.25) is 0 Å². The molecule has 1 aromatic carbocycles. The molecule has 0 N–H and O–H groups in total. The smallest absolute Gasteiger partial charge is 0.347 e. The van der Waals surface area contributed by atoms with Gasteiger partial charge in [0.25, 0.3) is 0 Å². The third kappa shape index (κ3) is 4.89. The van der Waals surface area contributed by atoms with Crippen molar-refractivity contribution in [2.75, 3.05) is 13.2 Å². The molecule has 0 spiro atoms. The van der Waals surface area contributed by atoms with Crippen molar-refractivity contribution in [3.8, 4) is 11.3 Å². The molecular formula is C17H16Cl2FN3O3. The predicted molar refractivity (Wildman–Crippen MR) is 97.0 cm³/mol. The molecule has 1 heterocycles. The van der Waals surface area contributed by atoms with E-state index in [1.165, 1.54) is 18.6 Å². The highest BCUT2D eigenvalue weighted by Crippen LogP contribution is 2.32. The van der Waals surface area contributed by atoms with Crippen LogP contribution in [0.1, 0.15) is 25.1 Å². The van der Waals surface area contributed by atoms with Crippen LogP contribution in [0.2, 0.25) is 10.0 Å². The lowest BCUT2D eigenvalue weighted by Crippen LogP contribution is -2.10. The number of ether oxygens (including phenoxy) is 1. The van der Waals surface area contributed by atoms with E-state index in [1.807, 2.05) is 6.92 Å². The van der Waals surface area contributed by atoms with E-state index in [1.54, 1.807) is 6.92 Å². The molecule has 2 rings (SSSR count). The second-order valence-corrected chi connectivity index (χ2v) is 5.79. The van der Waals surface area contributed by atoms with Crippen LogP contribution in [-0.4, -0.2) is 35.4 Å². The standard InChI is InChI=1S/C17H16Cl2FN3O3/c1-3-14-16(19)17(22-9-21-14)11-5-10(12(18)6-13(11)20)7-23-26-8-15(24)25-4-2/h5-7,9H,3-4,8H2,1-2H3/b23-7+. The fraction of sp³-hybridized carbons (Fsp3) is 0.294. The average molecular weight is 400 g/mol. The average Bonchev–Trinajstić information content (AvgIpc) is 2.61. The zero-order chi connectivity index (χ0) is 19.1. The Labute approximate surface area is 159 Å². The van der Waals surface area contributed by atoms with Crippen molar-refractivity contribution in [1.29, 1.82) is 0 Å². The van der Waals surface area contributed by atoms with Crippen molar-refractivity contribution < 1.29 is 18.8 Å². The lowest BCUT2D eigenvalue weighted by atomic mass is 10.1. The number of esters is 1. The number of hydrogen-bond donors (Lipinski definition) is 0. The Morgan fingerprint density at radius 3 is 2.77 bits per heavy atom. The summed E-state index contributed by atoms with van der Waals surface area (Å²) in [7, 11) is 0. The van der Waals surface area contributed by atoms with E-state index >= 15 is 0 Å². The Bertz CT molecular complexity index is 831. The highest BCUT2D eigenvalue weighted by molar-refractivity contribution is 6.34. The van der Waals surface area contributed by atoms with Crippen LogP contribution in [0.25, 0.3) is 11.3 Å². The molecule has 0 radical (unpaired) electrons. The summed E-state index contributed by atoms with van der Waals surface area (Å²) in [6, 6.07) is 2.58. The first-order valence-electron chi connectivity index (χ1n) is 7.77. The molecule has 1 aromatic heterocycles. The number of carbonyl (C=O) groups is 1. The number of nitrogens with zero attached hydrogens (tertiary/aromatic N) is 3. The van der Waals surface area contributed by atoms with Crippen LogP contribution in [0.5, 0.6) is 0 Å². The van der Waals surface area contributed by atoms with Crippen LogP contribution < -0.4 is 0 Å². The van der Waals surface area contributed by atoms with Crippen molar-refractivity contribution in [2.45, 2.75) is 20.3 Å². The number of aryl methyl sites for hydroxylation is 1. The number of carbonyl (C=O) groups excluding carboxylic acids is 1. The van der Waals surface area contributed by atoms with Crippen molar-refractivity contribution in [3.05, 3.63) is 45.6 Å². The van der Waals surface area contributed by atoms with E-state index in [4.69, 9.17) is 32.8 Å². The SMILES string of the molecule is CCOC(=O)CO/N=C/c1cc(-c2ncnc(CC)c2Cl)c(F)cc1Cl. The van der Waals surface area contributed by atoms with Crippen molar-refractivity contribution in [1.82, 2.24) is 9.97 Å². The van der Waals surface area contributed by atoms with Gasteiger partial charge in [0.1, 0.15) is 12.1 Å². The van der Waals surface area contributed by atoms with Crippen LogP contribution in [-0.2, 0) is 20.8 Å². The molecule has 0 saturated heterocycles. The molecule has 138 valence electrons. The molecule has 0 bridgehead atoms. The fourth-order valence-corrected chi connectivity index (χ4v) is 2.61. The molecule has 26 heavy (non-hydrogen) atoms. The van der Waals surface area contributed by atoms with Gasteiger partial charge in [0, 0.05) is 11.1 Å². The van der Waals surface area contributed by atoms with Gasteiger partial charge in [-0.15, -0.1) is 0 Å². The van der Waals surface area contributed by atoms with E-state index in [-0.39, 0.29) is 34.5 Å². The highest BCUT2D eigenvalue weighted by Gasteiger charge is 2.16. The summed E-state index contributed by atoms with van der Waals surface area (Å²) in [4.78, 5) is 24.1. The third-order valence-electron chi connectivity index (χ3n) is 3.29. The minimum atomic E-state index is -0.581. The van der Waals surface area contributed by atoms with Gasteiger partial charge in [-0.2, -0.15) is 0 Å². The maximum atomic E-state index is 14.4. The van der Waals surface area contributed by atoms with Gasteiger partial charge < -0.3 is 9.57 Å². The summed E-state index contributed by atoms with van der Waals surface area (Å²) in [5, 5.41) is 4.04. The van der Waals surface area contributed by atoms with Crippen molar-refractivity contribution in [3.63, 3.8) is 0 Å². The van der Waals surface area contributed by atoms with Gasteiger partial charge in [-0.1, -0.05) is 35.3 Å². The molecule has 6 nitrogen and oxygen atoms in total. The number of hydrogen-bond acceptors (Lipinski definition) is 6. The van der Waals surface area contributed by atoms with Crippen LogP contribution in [0, 0.1) is 5.82 Å². The van der Waals surface area contributed by atoms with Crippen molar-refractivity contribution in [2.24, 2.45) is 5.16 Å². The van der Waals surface area contributed by atoms with E-state index in [9.17, 15) is 9.18 Å². The Morgan fingerprint density at radius 1 is 1.31 bits per heavy atom. The summed E-state index contributed by atoms with van der Waals surface area (Å²) in [6.07, 6.45) is 3.17. The summed E-state index contributed by atoms with van der Waals surface area (Å²) in [6.45, 7) is 3.48. The summed E-state index contributed by atoms with van der Waals surface area (Å²) < 4.78 is 19.1. The number of aromatic nitrogens is 2. The molecule has 0 unspecified atom stereocenters. The van der Waals surface area contributed by atoms with Gasteiger partial charge in [-0.05, 0) is 25.5 Å². The van der Waals surface area contributed by atoms with Crippen LogP contribution >= 0.6 is 23.2 Å². The minimum absolute atomic E-state index is 0.121. The second-order valence-electron chi connectivity index (χ2n) is 5.00. The first-order valence-corrected chi connectivity index (χ1v) is 8.53. The molecular weight excluding hydrogens is 384 g/mol. The van der Waals surface area contributed by atoms with Gasteiger partial charge in [-0.25, -0.2) is 19.2 Å². The molecule has 2 aromatic rings. The second kappa shape index (κ2) is 9.45. The van der Waals surface area contributed by atoms with Crippen LogP contribution in [0.15, 0.2) is 23.6 Å². The Balaban J connectivity index is 2.28. The van der Waals surface area contributed by atoms with Gasteiger partial charge >= 0.3 is 5.97 Å². The zero-order valence-corrected chi connectivity index (χ0v) is 15.6. The maximum Gasteiger partial charge on any atom is 0.347 e. The van der Waals surface area contributed by atoms with E-state index in [0.717, 1.165) is 6.07 Å². The zero-order valence-electron chi connectivity index (χ0n) is 14.1. The largest absolute Gasteiger partial charge is 0.463 e. The van der Waals surface area contributed by atoms with E-state index < -0.39 is 11.8 Å². The fourth-order valence-electron chi connectivity index (χ4n) is 2.07. The number of oxime groups is 1. The molecule has 0 aliphatic carbocycles. The Hall–Kier alpha value is -2.25. The quantitative estimate of drug-likeness (QED) is 0.398. The predicted octanol–water partition coefficient (Wildman–Crippen LogP) is 4.07. The van der Waals surface area contributed by atoms with E-state index in [2.05, 4.69) is 15.1 Å². The lowest BCUT2D eigenvalue weighted by Gasteiger charge is -2.09. The number of benzene rings is 1. The number of halogens is 3. The normalized spacial score (nSPS) is 11.0. The van der Waals surface area contributed by atoms with Gasteiger partial charge in [0.15, 0.2) is 0 Å². The summed E-state index contributed by atoms with van der Waals surface area (Å²) in [5.74, 6) is -1.13. The Morgan fingerprint density at radius 2 is 2.08 bits per heavy atom. The Kier molecular flexibility index (Phi) is 7.29. The molecule has 0 atom stereocenters. The molecule has 0 aliphatic heterocycles. The first kappa shape index (κ1) is 20.1. The van der Waals surface area contributed by atoms with Gasteiger partial charge in [0.2, 0.25) is 6.61 Å². The molecule has 0 aliphatic rings. The monoisotopic (exact) mass is 399 g/mol. The number of rotatable bonds is 7. The van der Waals surface area contributed by atoms with Crippen molar-refractivity contribution >= 4 is 35.4 Å².